The van der Waals surface area contributed by atoms with Gasteiger partial charge in [-0.2, -0.15) is 0 Å². The Balaban J connectivity index is 1.72. The summed E-state index contributed by atoms with van der Waals surface area (Å²) in [6.07, 6.45) is 1.51. The Bertz CT molecular complexity index is 1120. The van der Waals surface area contributed by atoms with E-state index in [1.807, 2.05) is 43.3 Å². The molecule has 0 aliphatic rings. The van der Waals surface area contributed by atoms with Crippen LogP contribution in [0, 0.1) is 0 Å². The Morgan fingerprint density at radius 1 is 1.00 bits per heavy atom. The highest BCUT2D eigenvalue weighted by Gasteiger charge is 2.20. The average molecular weight is 511 g/mol. The SMILES string of the molecule is CC(c1cccc(C(=O)c2ccccc2)c1)c1nocc1NC(=NCCOCCO)NCCOCCO. The lowest BCUT2D eigenvalue weighted by molar-refractivity contribution is 0.0955. The lowest BCUT2D eigenvalue weighted by atomic mass is 9.93. The van der Waals surface area contributed by atoms with Crippen LogP contribution in [0.1, 0.15) is 40.0 Å². The quantitative estimate of drug-likeness (QED) is 0.105. The molecule has 3 rings (SSSR count). The molecule has 0 aliphatic heterocycles. The first-order valence-corrected chi connectivity index (χ1v) is 12.2. The van der Waals surface area contributed by atoms with Gasteiger partial charge in [0.25, 0.3) is 0 Å². The van der Waals surface area contributed by atoms with Crippen molar-refractivity contribution in [3.05, 3.63) is 83.2 Å². The molecule has 10 nitrogen and oxygen atoms in total. The first kappa shape index (κ1) is 28.0. The van der Waals surface area contributed by atoms with Gasteiger partial charge in [0.1, 0.15) is 17.6 Å². The molecule has 2 aromatic carbocycles. The molecular weight excluding hydrogens is 476 g/mol. The van der Waals surface area contributed by atoms with Crippen LogP contribution in [0.4, 0.5) is 5.69 Å². The molecule has 0 bridgehead atoms. The fraction of sp³-hybridized carbons (Fsp3) is 0.370. The number of benzene rings is 2. The Kier molecular flexibility index (Phi) is 11.7. The van der Waals surface area contributed by atoms with Crippen molar-refractivity contribution in [2.24, 2.45) is 4.99 Å². The number of aliphatic hydroxyl groups excluding tert-OH is 2. The van der Waals surface area contributed by atoms with Crippen molar-refractivity contribution in [3.63, 3.8) is 0 Å². The molecule has 0 amide bonds. The molecule has 0 radical (unpaired) electrons. The number of hydrogen-bond acceptors (Lipinski definition) is 8. The standard InChI is InChI=1S/C27H34N4O6/c1-20(22-8-5-9-23(18-22)26(34)21-6-3-2-4-7-21)25-24(19-37-31-25)30-27(28-10-14-35-16-12-32)29-11-15-36-17-13-33/h2-9,18-20,32-33H,10-17H2,1H3,(H2,28,29,30). The fourth-order valence-corrected chi connectivity index (χ4v) is 3.58. The number of aromatic nitrogens is 1. The number of nitrogens with zero attached hydrogens (tertiary/aromatic N) is 2. The van der Waals surface area contributed by atoms with Crippen LogP contribution in [0.25, 0.3) is 0 Å². The van der Waals surface area contributed by atoms with E-state index in [1.54, 1.807) is 18.2 Å². The Morgan fingerprint density at radius 3 is 2.49 bits per heavy atom. The maximum absolute atomic E-state index is 12.9. The smallest absolute Gasteiger partial charge is 0.196 e. The number of aliphatic hydroxyl groups is 2. The molecule has 4 N–H and O–H groups in total. The van der Waals surface area contributed by atoms with Crippen molar-refractivity contribution in [3.8, 4) is 0 Å². The molecule has 1 atom stereocenters. The second kappa shape index (κ2) is 15.5. The third kappa shape index (κ3) is 8.80. The summed E-state index contributed by atoms with van der Waals surface area (Å²) in [5, 5.41) is 28.3. The zero-order valence-corrected chi connectivity index (χ0v) is 20.9. The lowest BCUT2D eigenvalue weighted by Crippen LogP contribution is -2.34. The predicted molar refractivity (Wildman–Crippen MR) is 140 cm³/mol. The van der Waals surface area contributed by atoms with Gasteiger partial charge in [-0.1, -0.05) is 60.6 Å². The largest absolute Gasteiger partial charge is 0.394 e. The van der Waals surface area contributed by atoms with Gasteiger partial charge in [0, 0.05) is 23.6 Å². The molecule has 0 fully saturated rings. The van der Waals surface area contributed by atoms with Crippen LogP contribution in [0.15, 0.2) is 70.4 Å². The summed E-state index contributed by atoms with van der Waals surface area (Å²) in [6, 6.07) is 16.7. The Morgan fingerprint density at radius 2 is 1.73 bits per heavy atom. The number of carbonyl (C=O) groups excluding carboxylic acids is 1. The van der Waals surface area contributed by atoms with Crippen LogP contribution in [0.3, 0.4) is 0 Å². The lowest BCUT2D eigenvalue weighted by Gasteiger charge is -2.15. The highest BCUT2D eigenvalue weighted by atomic mass is 16.5. The van der Waals surface area contributed by atoms with Gasteiger partial charge in [-0.15, -0.1) is 0 Å². The molecule has 3 aromatic rings. The minimum atomic E-state index is -0.174. The highest BCUT2D eigenvalue weighted by Crippen LogP contribution is 2.29. The van der Waals surface area contributed by atoms with E-state index in [9.17, 15) is 4.79 Å². The molecule has 0 saturated carbocycles. The van der Waals surface area contributed by atoms with Gasteiger partial charge in [0.2, 0.25) is 0 Å². The summed E-state index contributed by atoms with van der Waals surface area (Å²) < 4.78 is 15.9. The van der Waals surface area contributed by atoms with Crippen molar-refractivity contribution >= 4 is 17.4 Å². The van der Waals surface area contributed by atoms with Crippen molar-refractivity contribution in [1.29, 1.82) is 0 Å². The zero-order valence-electron chi connectivity index (χ0n) is 20.9. The van der Waals surface area contributed by atoms with E-state index in [4.69, 9.17) is 24.2 Å². The van der Waals surface area contributed by atoms with Crippen molar-refractivity contribution < 1.29 is 29.0 Å². The highest BCUT2D eigenvalue weighted by molar-refractivity contribution is 6.09. The maximum atomic E-state index is 12.9. The van der Waals surface area contributed by atoms with Crippen LogP contribution in [0.2, 0.25) is 0 Å². The summed E-state index contributed by atoms with van der Waals surface area (Å²) in [7, 11) is 0. The van der Waals surface area contributed by atoms with E-state index in [2.05, 4.69) is 20.8 Å². The molecule has 1 heterocycles. The molecular formula is C27H34N4O6. The zero-order chi connectivity index (χ0) is 26.3. The minimum absolute atomic E-state index is 0.0402. The molecule has 10 heteroatoms. The summed E-state index contributed by atoms with van der Waals surface area (Å²) in [4.78, 5) is 17.4. The number of ether oxygens (including phenoxy) is 2. The second-order valence-electron chi connectivity index (χ2n) is 8.11. The van der Waals surface area contributed by atoms with Crippen molar-refractivity contribution in [2.75, 3.05) is 58.0 Å². The Hall–Kier alpha value is -3.57. The van der Waals surface area contributed by atoms with Crippen molar-refractivity contribution in [2.45, 2.75) is 12.8 Å². The van der Waals surface area contributed by atoms with Gasteiger partial charge >= 0.3 is 0 Å². The average Bonchev–Trinajstić information content (AvgIpc) is 3.40. The topological polar surface area (TPSA) is 138 Å². The van der Waals surface area contributed by atoms with E-state index in [-0.39, 0.29) is 38.1 Å². The first-order chi connectivity index (χ1) is 18.1. The minimum Gasteiger partial charge on any atom is -0.394 e. The Labute approximate surface area is 216 Å². The van der Waals surface area contributed by atoms with E-state index in [1.165, 1.54) is 6.26 Å². The summed E-state index contributed by atoms with van der Waals surface area (Å²) >= 11 is 0. The van der Waals surface area contributed by atoms with E-state index < -0.39 is 0 Å². The van der Waals surface area contributed by atoms with E-state index >= 15 is 0 Å². The number of aliphatic imine (C=N–C) groups is 1. The first-order valence-electron chi connectivity index (χ1n) is 12.2. The number of hydrogen-bond donors (Lipinski definition) is 4. The van der Waals surface area contributed by atoms with Gasteiger partial charge in [-0.05, 0) is 11.6 Å². The molecule has 0 spiro atoms. The van der Waals surface area contributed by atoms with Gasteiger partial charge in [-0.3, -0.25) is 9.79 Å². The van der Waals surface area contributed by atoms with E-state index in [0.717, 1.165) is 5.56 Å². The molecule has 1 aromatic heterocycles. The van der Waals surface area contributed by atoms with Crippen LogP contribution in [-0.4, -0.2) is 79.8 Å². The van der Waals surface area contributed by atoms with Gasteiger partial charge < -0.3 is 34.8 Å². The fourth-order valence-electron chi connectivity index (χ4n) is 3.58. The summed E-state index contributed by atoms with van der Waals surface area (Å²) in [6.45, 7) is 3.98. The number of guanidine groups is 1. The van der Waals surface area contributed by atoms with Gasteiger partial charge in [0.05, 0.1) is 46.2 Å². The number of rotatable bonds is 15. The van der Waals surface area contributed by atoms with E-state index in [0.29, 0.717) is 54.8 Å². The number of nitrogens with one attached hydrogen (secondary N) is 2. The normalized spacial score (nSPS) is 12.4. The molecule has 198 valence electrons. The molecule has 0 saturated heterocycles. The molecule has 37 heavy (non-hydrogen) atoms. The number of carbonyl (C=O) groups is 1. The van der Waals surface area contributed by atoms with Crippen LogP contribution >= 0.6 is 0 Å². The van der Waals surface area contributed by atoms with Crippen LogP contribution in [0.5, 0.6) is 0 Å². The third-order valence-electron chi connectivity index (χ3n) is 5.46. The maximum Gasteiger partial charge on any atom is 0.196 e. The van der Waals surface area contributed by atoms with Crippen LogP contribution in [-0.2, 0) is 9.47 Å². The summed E-state index contributed by atoms with van der Waals surface area (Å²) in [5.74, 6) is 0.259. The molecule has 1 unspecified atom stereocenters. The van der Waals surface area contributed by atoms with Gasteiger partial charge in [0.15, 0.2) is 11.7 Å². The van der Waals surface area contributed by atoms with Gasteiger partial charge in [-0.25, -0.2) is 0 Å². The predicted octanol–water partition coefficient (Wildman–Crippen LogP) is 2.43. The molecule has 0 aliphatic carbocycles. The summed E-state index contributed by atoms with van der Waals surface area (Å²) in [5.41, 5.74) is 3.44. The third-order valence-corrected chi connectivity index (χ3v) is 5.46. The monoisotopic (exact) mass is 510 g/mol. The second-order valence-corrected chi connectivity index (χ2v) is 8.11. The number of anilines is 1. The van der Waals surface area contributed by atoms with Crippen LogP contribution < -0.4 is 10.6 Å². The van der Waals surface area contributed by atoms with Crippen molar-refractivity contribution in [1.82, 2.24) is 10.5 Å². The number of ketones is 1.